The third-order valence-electron chi connectivity index (χ3n) is 4.75. The number of nitrogens with zero attached hydrogens (tertiary/aromatic N) is 2. The number of methoxy groups -OCH3 is 1. The highest BCUT2D eigenvalue weighted by Crippen LogP contribution is 2.28. The first-order valence-corrected chi connectivity index (χ1v) is 10.2. The summed E-state index contributed by atoms with van der Waals surface area (Å²) >= 11 is 0. The Morgan fingerprint density at radius 3 is 2.37 bits per heavy atom. The van der Waals surface area contributed by atoms with Crippen LogP contribution in [0.5, 0.6) is 0 Å². The number of carbonyl (C=O) groups excluding carboxylic acids is 1. The van der Waals surface area contributed by atoms with E-state index in [1.54, 1.807) is 17.3 Å². The van der Waals surface area contributed by atoms with Crippen molar-refractivity contribution in [3.8, 4) is 0 Å². The standard InChI is InChI=1S/C20H24N2O2.C3H6O3/c1-16-12-19(14-21-13-16)22(18-10-6-3-7-11-18)20(23)24-15-17-8-4-2-5-9-17;1-6-2-3(4)5/h3,6-7,10-14,17H,2,4-5,8-9,15H2,1H3;2H2,1H3,(H,4,5). The maximum Gasteiger partial charge on any atom is 0.419 e. The van der Waals surface area contributed by atoms with Gasteiger partial charge in [0, 0.05) is 13.3 Å². The summed E-state index contributed by atoms with van der Waals surface area (Å²) in [6.07, 6.45) is 9.24. The molecule has 1 fully saturated rings. The number of hydrogen-bond acceptors (Lipinski definition) is 5. The Labute approximate surface area is 177 Å². The van der Waals surface area contributed by atoms with Crippen molar-refractivity contribution in [3.63, 3.8) is 0 Å². The van der Waals surface area contributed by atoms with E-state index in [4.69, 9.17) is 9.84 Å². The molecule has 1 amide bonds. The Morgan fingerprint density at radius 2 is 1.80 bits per heavy atom. The molecule has 0 unspecified atom stereocenters. The molecule has 0 saturated heterocycles. The van der Waals surface area contributed by atoms with Crippen LogP contribution < -0.4 is 4.90 Å². The Balaban J connectivity index is 0.000000469. The van der Waals surface area contributed by atoms with Gasteiger partial charge < -0.3 is 14.6 Å². The summed E-state index contributed by atoms with van der Waals surface area (Å²) in [5, 5.41) is 7.79. The Morgan fingerprint density at radius 1 is 1.10 bits per heavy atom. The molecule has 0 atom stereocenters. The third kappa shape index (κ3) is 7.83. The van der Waals surface area contributed by atoms with Gasteiger partial charge >= 0.3 is 12.1 Å². The summed E-state index contributed by atoms with van der Waals surface area (Å²) in [6.45, 7) is 2.26. The summed E-state index contributed by atoms with van der Waals surface area (Å²) in [5.41, 5.74) is 2.53. The quantitative estimate of drug-likeness (QED) is 0.718. The molecule has 2 aromatic rings. The number of para-hydroxylation sites is 1. The van der Waals surface area contributed by atoms with Crippen LogP contribution in [-0.4, -0.2) is 42.5 Å². The van der Waals surface area contributed by atoms with E-state index >= 15 is 0 Å². The summed E-state index contributed by atoms with van der Waals surface area (Å²) in [5.74, 6) is -0.437. The molecule has 0 bridgehead atoms. The van der Waals surface area contributed by atoms with Crippen molar-refractivity contribution in [2.75, 3.05) is 25.2 Å². The van der Waals surface area contributed by atoms with E-state index in [9.17, 15) is 9.59 Å². The molecule has 3 rings (SSSR count). The second-order valence-corrected chi connectivity index (χ2v) is 7.30. The minimum Gasteiger partial charge on any atom is -0.480 e. The van der Waals surface area contributed by atoms with Gasteiger partial charge in [-0.2, -0.15) is 0 Å². The number of aryl methyl sites for hydroxylation is 1. The van der Waals surface area contributed by atoms with E-state index < -0.39 is 5.97 Å². The van der Waals surface area contributed by atoms with Gasteiger partial charge in [-0.1, -0.05) is 37.5 Å². The Bertz CT molecular complexity index is 791. The molecule has 1 aromatic heterocycles. The summed E-state index contributed by atoms with van der Waals surface area (Å²) in [6, 6.07) is 11.5. The van der Waals surface area contributed by atoms with Gasteiger partial charge in [0.05, 0.1) is 24.2 Å². The fourth-order valence-electron chi connectivity index (χ4n) is 3.33. The number of hydrogen-bond donors (Lipinski definition) is 1. The number of benzene rings is 1. The normalized spacial score (nSPS) is 13.7. The van der Waals surface area contributed by atoms with Crippen LogP contribution in [0.1, 0.15) is 37.7 Å². The topological polar surface area (TPSA) is 89.0 Å². The third-order valence-corrected chi connectivity index (χ3v) is 4.75. The molecule has 1 heterocycles. The van der Waals surface area contributed by atoms with Gasteiger partial charge in [-0.05, 0) is 49.4 Å². The predicted octanol–water partition coefficient (Wildman–Crippen LogP) is 4.96. The van der Waals surface area contributed by atoms with Gasteiger partial charge in [0.2, 0.25) is 0 Å². The number of anilines is 2. The first kappa shape index (κ1) is 23.3. The van der Waals surface area contributed by atoms with E-state index in [1.807, 2.05) is 43.3 Å². The second-order valence-electron chi connectivity index (χ2n) is 7.30. The highest BCUT2D eigenvalue weighted by Gasteiger charge is 2.22. The Kier molecular flexibility index (Phi) is 9.80. The lowest BCUT2D eigenvalue weighted by Crippen LogP contribution is -2.29. The first-order valence-electron chi connectivity index (χ1n) is 10.2. The van der Waals surface area contributed by atoms with Crippen molar-refractivity contribution in [1.29, 1.82) is 0 Å². The molecule has 7 heteroatoms. The van der Waals surface area contributed by atoms with Crippen LogP contribution in [0, 0.1) is 12.8 Å². The van der Waals surface area contributed by atoms with Gasteiger partial charge in [0.1, 0.15) is 6.61 Å². The van der Waals surface area contributed by atoms with Crippen LogP contribution in [0.15, 0.2) is 48.8 Å². The number of carboxylic acid groups (broad SMARTS) is 1. The SMILES string of the molecule is COCC(=O)O.Cc1cncc(N(C(=O)OCC2CCCCC2)c2ccccc2)c1. The smallest absolute Gasteiger partial charge is 0.419 e. The average molecular weight is 415 g/mol. The highest BCUT2D eigenvalue weighted by molar-refractivity contribution is 5.95. The van der Waals surface area contributed by atoms with E-state index in [0.29, 0.717) is 12.5 Å². The van der Waals surface area contributed by atoms with E-state index in [2.05, 4.69) is 9.72 Å². The predicted molar refractivity (Wildman–Crippen MR) is 115 cm³/mol. The van der Waals surface area contributed by atoms with Crippen LogP contribution in [0.3, 0.4) is 0 Å². The zero-order chi connectivity index (χ0) is 21.8. The average Bonchev–Trinajstić information content (AvgIpc) is 2.74. The highest BCUT2D eigenvalue weighted by atomic mass is 16.6. The van der Waals surface area contributed by atoms with Crippen LogP contribution in [0.2, 0.25) is 0 Å². The zero-order valence-corrected chi connectivity index (χ0v) is 17.6. The molecule has 1 N–H and O–H groups in total. The van der Waals surface area contributed by atoms with Crippen molar-refractivity contribution >= 4 is 23.4 Å². The fraction of sp³-hybridized carbons (Fsp3) is 0.435. The largest absolute Gasteiger partial charge is 0.480 e. The van der Waals surface area contributed by atoms with Crippen LogP contribution in [0.25, 0.3) is 0 Å². The molecular weight excluding hydrogens is 384 g/mol. The number of amides is 1. The lowest BCUT2D eigenvalue weighted by atomic mass is 9.90. The van der Waals surface area contributed by atoms with Crippen LogP contribution >= 0.6 is 0 Å². The molecule has 162 valence electrons. The molecule has 1 saturated carbocycles. The van der Waals surface area contributed by atoms with Gasteiger partial charge in [-0.25, -0.2) is 14.5 Å². The summed E-state index contributed by atoms with van der Waals surface area (Å²) < 4.78 is 9.86. The number of rotatable bonds is 6. The molecule has 1 aromatic carbocycles. The minimum atomic E-state index is -0.933. The van der Waals surface area contributed by atoms with Crippen molar-refractivity contribution in [2.24, 2.45) is 5.92 Å². The zero-order valence-electron chi connectivity index (χ0n) is 17.6. The summed E-state index contributed by atoms with van der Waals surface area (Å²) in [7, 11) is 1.34. The fourth-order valence-corrected chi connectivity index (χ4v) is 3.33. The van der Waals surface area contributed by atoms with Crippen LogP contribution in [-0.2, 0) is 14.3 Å². The molecule has 7 nitrogen and oxygen atoms in total. The van der Waals surface area contributed by atoms with Gasteiger partial charge in [0.25, 0.3) is 0 Å². The maximum absolute atomic E-state index is 12.8. The maximum atomic E-state index is 12.8. The van der Waals surface area contributed by atoms with E-state index in [1.165, 1.54) is 26.4 Å². The summed E-state index contributed by atoms with van der Waals surface area (Å²) in [4.78, 5) is 28.1. The number of carboxylic acids is 1. The molecule has 1 aliphatic carbocycles. The van der Waals surface area contributed by atoms with Crippen molar-refractivity contribution in [2.45, 2.75) is 39.0 Å². The van der Waals surface area contributed by atoms with Crippen LogP contribution in [0.4, 0.5) is 16.2 Å². The number of aliphatic carboxylic acids is 1. The number of ether oxygens (including phenoxy) is 2. The molecule has 1 aliphatic rings. The molecule has 0 radical (unpaired) electrons. The van der Waals surface area contributed by atoms with Crippen molar-refractivity contribution in [1.82, 2.24) is 4.98 Å². The molecule has 0 spiro atoms. The van der Waals surface area contributed by atoms with E-state index in [-0.39, 0.29) is 12.7 Å². The van der Waals surface area contributed by atoms with Crippen molar-refractivity contribution < 1.29 is 24.2 Å². The van der Waals surface area contributed by atoms with Gasteiger partial charge in [-0.15, -0.1) is 0 Å². The minimum absolute atomic E-state index is 0.208. The molecule has 30 heavy (non-hydrogen) atoms. The van der Waals surface area contributed by atoms with E-state index in [0.717, 1.165) is 29.8 Å². The number of pyridine rings is 1. The monoisotopic (exact) mass is 414 g/mol. The Hall–Kier alpha value is -2.93. The van der Waals surface area contributed by atoms with Gasteiger partial charge in [0.15, 0.2) is 0 Å². The number of carbonyl (C=O) groups is 2. The second kappa shape index (κ2) is 12.6. The number of aromatic nitrogens is 1. The lowest BCUT2D eigenvalue weighted by Gasteiger charge is -2.25. The van der Waals surface area contributed by atoms with Crippen molar-refractivity contribution in [3.05, 3.63) is 54.4 Å². The first-order chi connectivity index (χ1) is 14.5. The lowest BCUT2D eigenvalue weighted by molar-refractivity contribution is -0.141. The van der Waals surface area contributed by atoms with Gasteiger partial charge in [-0.3, -0.25) is 4.98 Å². The molecular formula is C23H30N2O5. The molecule has 0 aliphatic heterocycles.